The molecule has 40 heavy (non-hydrogen) atoms. The Hall–Kier alpha value is -4.10. The number of piperazine rings is 1. The van der Waals surface area contributed by atoms with Gasteiger partial charge in [-0.15, -0.1) is 0 Å². The summed E-state index contributed by atoms with van der Waals surface area (Å²) in [6.07, 6.45) is -3.25. The van der Waals surface area contributed by atoms with Gasteiger partial charge in [0.1, 0.15) is 11.6 Å². The van der Waals surface area contributed by atoms with Crippen molar-refractivity contribution < 1.29 is 35.9 Å². The number of rotatable bonds is 5. The van der Waals surface area contributed by atoms with Crippen molar-refractivity contribution in [3.8, 4) is 11.5 Å². The predicted molar refractivity (Wildman–Crippen MR) is 135 cm³/mol. The van der Waals surface area contributed by atoms with Gasteiger partial charge in [-0.05, 0) is 30.3 Å². The molecule has 208 valence electrons. The highest BCUT2D eigenvalue weighted by molar-refractivity contribution is 6.31. The molecule has 0 bridgehead atoms. The molecular weight excluding hydrogens is 564 g/mol. The summed E-state index contributed by atoms with van der Waals surface area (Å²) in [4.78, 5) is 23.3. The summed E-state index contributed by atoms with van der Waals surface area (Å²) in [5, 5.41) is 4.44. The third-order valence-corrected chi connectivity index (χ3v) is 6.39. The summed E-state index contributed by atoms with van der Waals surface area (Å²) in [6, 6.07) is 6.94. The first-order valence-electron chi connectivity index (χ1n) is 11.8. The fourth-order valence-electron chi connectivity index (χ4n) is 4.05. The smallest absolute Gasteiger partial charge is 0.417 e. The third-order valence-electron chi connectivity index (χ3n) is 6.06. The summed E-state index contributed by atoms with van der Waals surface area (Å²) in [5.74, 6) is -6.61. The van der Waals surface area contributed by atoms with Gasteiger partial charge in [-0.2, -0.15) is 17.6 Å². The van der Waals surface area contributed by atoms with Crippen LogP contribution in [0.1, 0.15) is 15.9 Å². The Labute approximate surface area is 227 Å². The molecule has 0 spiro atoms. The number of aromatic nitrogens is 2. The number of anilines is 2. The van der Waals surface area contributed by atoms with Crippen molar-refractivity contribution in [3.63, 3.8) is 0 Å². The van der Waals surface area contributed by atoms with Crippen molar-refractivity contribution >= 4 is 40.0 Å². The number of halogens is 7. The summed E-state index contributed by atoms with van der Waals surface area (Å²) in [6.45, 7) is 2.99. The van der Waals surface area contributed by atoms with Crippen LogP contribution in [-0.2, 0) is 6.18 Å². The molecule has 0 unspecified atom stereocenters. The lowest BCUT2D eigenvalue weighted by atomic mass is 10.1. The van der Waals surface area contributed by atoms with E-state index in [9.17, 15) is 31.1 Å². The number of carbonyl (C=O) groups is 1. The molecule has 2 heterocycles. The summed E-state index contributed by atoms with van der Waals surface area (Å²) < 4.78 is 89.1. The first-order valence-corrected chi connectivity index (χ1v) is 12.1. The quantitative estimate of drug-likeness (QED) is 0.217. The molecule has 2 N–H and O–H groups in total. The predicted octanol–water partition coefficient (Wildman–Crippen LogP) is 6.17. The maximum Gasteiger partial charge on any atom is 0.417 e. The number of carbonyl (C=O) groups excluding carboxylic acids is 1. The first kappa shape index (κ1) is 27.5. The standard InChI is InChI=1S/C26H18ClF6N5O2/c27-16-3-1-13(9-15(16)26(31,32)33)25(39)37-20-11-17(28)24(23(30)22(20)29)40-14-2-4-18-19(10-14)36-21(12-35-18)38-7-5-34-6-8-38/h1-4,9-12,34H,5-8H2,(H,37,39). The molecule has 0 aliphatic carbocycles. The van der Waals surface area contributed by atoms with Gasteiger partial charge in [0.05, 0.1) is 33.5 Å². The molecule has 4 aromatic rings. The Morgan fingerprint density at radius 2 is 1.75 bits per heavy atom. The Morgan fingerprint density at radius 3 is 2.48 bits per heavy atom. The number of nitrogens with one attached hydrogen (secondary N) is 2. The molecule has 14 heteroatoms. The van der Waals surface area contributed by atoms with Crippen LogP contribution in [0.2, 0.25) is 5.02 Å². The molecule has 0 saturated carbocycles. The van der Waals surface area contributed by atoms with Crippen LogP contribution in [0, 0.1) is 17.5 Å². The maximum absolute atomic E-state index is 14.9. The minimum Gasteiger partial charge on any atom is -0.451 e. The van der Waals surface area contributed by atoms with Crippen LogP contribution in [0.15, 0.2) is 48.7 Å². The van der Waals surface area contributed by atoms with Gasteiger partial charge in [0, 0.05) is 43.9 Å². The van der Waals surface area contributed by atoms with Crippen LogP contribution in [0.5, 0.6) is 11.5 Å². The average Bonchev–Trinajstić information content (AvgIpc) is 2.93. The molecule has 1 fully saturated rings. The molecule has 7 nitrogen and oxygen atoms in total. The second kappa shape index (κ2) is 10.8. The molecule has 0 atom stereocenters. The van der Waals surface area contributed by atoms with Gasteiger partial charge >= 0.3 is 6.18 Å². The average molecular weight is 582 g/mol. The number of fused-ring (bicyclic) bond motifs is 1. The highest BCUT2D eigenvalue weighted by Crippen LogP contribution is 2.36. The van der Waals surface area contributed by atoms with E-state index in [0.29, 0.717) is 29.0 Å². The minimum atomic E-state index is -4.86. The normalized spacial score (nSPS) is 13.9. The van der Waals surface area contributed by atoms with E-state index in [4.69, 9.17) is 16.3 Å². The summed E-state index contributed by atoms with van der Waals surface area (Å²) in [5.41, 5.74) is -1.94. The molecule has 1 aliphatic rings. The van der Waals surface area contributed by atoms with Crippen LogP contribution in [0.3, 0.4) is 0 Å². The fourth-order valence-corrected chi connectivity index (χ4v) is 4.27. The molecule has 1 saturated heterocycles. The molecule has 1 aromatic heterocycles. The number of benzene rings is 3. The van der Waals surface area contributed by atoms with Gasteiger partial charge in [-0.1, -0.05) is 11.6 Å². The lowest BCUT2D eigenvalue weighted by molar-refractivity contribution is -0.137. The van der Waals surface area contributed by atoms with Crippen molar-refractivity contribution in [2.45, 2.75) is 6.18 Å². The third kappa shape index (κ3) is 5.61. The fraction of sp³-hybridized carbons (Fsp3) is 0.192. The van der Waals surface area contributed by atoms with E-state index < -0.39 is 57.1 Å². The number of ether oxygens (including phenoxy) is 1. The number of hydrogen-bond donors (Lipinski definition) is 2. The van der Waals surface area contributed by atoms with Gasteiger partial charge in [-0.25, -0.2) is 13.8 Å². The zero-order valence-corrected chi connectivity index (χ0v) is 21.0. The Kier molecular flexibility index (Phi) is 7.43. The van der Waals surface area contributed by atoms with E-state index in [-0.39, 0.29) is 5.75 Å². The van der Waals surface area contributed by atoms with Gasteiger partial charge in [0.25, 0.3) is 5.91 Å². The van der Waals surface area contributed by atoms with Crippen LogP contribution < -0.4 is 20.3 Å². The Morgan fingerprint density at radius 1 is 1.00 bits per heavy atom. The second-order valence-electron chi connectivity index (χ2n) is 8.73. The lowest BCUT2D eigenvalue weighted by Gasteiger charge is -2.28. The zero-order chi connectivity index (χ0) is 28.6. The highest BCUT2D eigenvalue weighted by Gasteiger charge is 2.34. The minimum absolute atomic E-state index is 0.0610. The molecule has 5 rings (SSSR count). The van der Waals surface area contributed by atoms with Gasteiger partial charge in [0.2, 0.25) is 11.6 Å². The van der Waals surface area contributed by atoms with Gasteiger partial charge < -0.3 is 20.3 Å². The van der Waals surface area contributed by atoms with E-state index >= 15 is 0 Å². The van der Waals surface area contributed by atoms with E-state index in [1.54, 1.807) is 6.20 Å². The zero-order valence-electron chi connectivity index (χ0n) is 20.3. The van der Waals surface area contributed by atoms with Crippen LogP contribution in [-0.4, -0.2) is 42.1 Å². The summed E-state index contributed by atoms with van der Waals surface area (Å²) >= 11 is 5.54. The van der Waals surface area contributed by atoms with Crippen LogP contribution in [0.25, 0.3) is 11.0 Å². The highest BCUT2D eigenvalue weighted by atomic mass is 35.5. The van der Waals surface area contributed by atoms with E-state index in [0.717, 1.165) is 38.3 Å². The van der Waals surface area contributed by atoms with E-state index in [1.165, 1.54) is 18.2 Å². The first-order chi connectivity index (χ1) is 19.0. The van der Waals surface area contributed by atoms with Crippen molar-refractivity contribution in [3.05, 3.63) is 82.3 Å². The maximum atomic E-state index is 14.9. The van der Waals surface area contributed by atoms with E-state index in [2.05, 4.69) is 15.3 Å². The van der Waals surface area contributed by atoms with Crippen LogP contribution in [0.4, 0.5) is 37.8 Å². The SMILES string of the molecule is O=C(Nc1cc(F)c(Oc2ccc3ncc(N4CCNCC4)nc3c2)c(F)c1F)c1ccc(Cl)c(C(F)(F)F)c1. The number of alkyl halides is 3. The molecular formula is C26H18ClF6N5O2. The topological polar surface area (TPSA) is 79.4 Å². The monoisotopic (exact) mass is 581 g/mol. The number of nitrogens with zero attached hydrogens (tertiary/aromatic N) is 3. The molecule has 1 aliphatic heterocycles. The number of amides is 1. The van der Waals surface area contributed by atoms with Crippen molar-refractivity contribution in [2.75, 3.05) is 36.4 Å². The largest absolute Gasteiger partial charge is 0.451 e. The summed E-state index contributed by atoms with van der Waals surface area (Å²) in [7, 11) is 0. The van der Waals surface area contributed by atoms with Crippen molar-refractivity contribution in [2.24, 2.45) is 0 Å². The van der Waals surface area contributed by atoms with Crippen molar-refractivity contribution in [1.29, 1.82) is 0 Å². The Bertz CT molecular complexity index is 1610. The Balaban J connectivity index is 1.39. The molecule has 0 radical (unpaired) electrons. The second-order valence-corrected chi connectivity index (χ2v) is 9.13. The lowest BCUT2D eigenvalue weighted by Crippen LogP contribution is -2.43. The van der Waals surface area contributed by atoms with Gasteiger partial charge in [0.15, 0.2) is 11.6 Å². The molecule has 3 aromatic carbocycles. The number of hydrogen-bond acceptors (Lipinski definition) is 6. The van der Waals surface area contributed by atoms with Crippen molar-refractivity contribution in [1.82, 2.24) is 15.3 Å². The molecule has 1 amide bonds. The van der Waals surface area contributed by atoms with E-state index in [1.807, 2.05) is 10.2 Å². The van der Waals surface area contributed by atoms with Crippen LogP contribution >= 0.6 is 11.6 Å². The van der Waals surface area contributed by atoms with Gasteiger partial charge in [-0.3, -0.25) is 9.78 Å².